The number of carbonyl (C=O) groups excluding carboxylic acids is 1. The molecule has 28 heavy (non-hydrogen) atoms. The Morgan fingerprint density at radius 1 is 0.964 bits per heavy atom. The first-order valence-corrected chi connectivity index (χ1v) is 9.57. The highest BCUT2D eigenvalue weighted by atomic mass is 16.5. The van der Waals surface area contributed by atoms with Crippen molar-refractivity contribution in [3.05, 3.63) is 71.8 Å². The molecule has 0 saturated heterocycles. The highest BCUT2D eigenvalue weighted by Gasteiger charge is 2.11. The van der Waals surface area contributed by atoms with Gasteiger partial charge in [0.1, 0.15) is 5.75 Å². The molecule has 1 heterocycles. The number of rotatable bonds is 5. The van der Waals surface area contributed by atoms with Gasteiger partial charge in [-0.05, 0) is 62.2 Å². The number of hydrogen-bond donors (Lipinski definition) is 1. The number of nitrogens with zero attached hydrogens (tertiary/aromatic N) is 1. The summed E-state index contributed by atoms with van der Waals surface area (Å²) in [6, 6.07) is 20.4. The highest BCUT2D eigenvalue weighted by molar-refractivity contribution is 6.09. The van der Waals surface area contributed by atoms with E-state index in [0.29, 0.717) is 0 Å². The first-order chi connectivity index (χ1) is 13.6. The number of nitrogens with one attached hydrogen (secondary N) is 1. The molecule has 0 saturated carbocycles. The minimum atomic E-state index is -0.167. The summed E-state index contributed by atoms with van der Waals surface area (Å²) in [5, 5.41) is 5.30. The summed E-state index contributed by atoms with van der Waals surface area (Å²) in [5.74, 6) is 0.580. The van der Waals surface area contributed by atoms with Crippen molar-refractivity contribution in [3.8, 4) is 5.75 Å². The van der Waals surface area contributed by atoms with Crippen LogP contribution in [0.25, 0.3) is 21.8 Å². The fraction of sp³-hybridized carbons (Fsp3) is 0.208. The van der Waals surface area contributed by atoms with E-state index in [1.54, 1.807) is 0 Å². The maximum absolute atomic E-state index is 12.4. The van der Waals surface area contributed by atoms with Crippen LogP contribution in [0.4, 0.5) is 5.69 Å². The van der Waals surface area contributed by atoms with E-state index in [0.717, 1.165) is 34.5 Å². The van der Waals surface area contributed by atoms with Crippen molar-refractivity contribution in [1.29, 1.82) is 0 Å². The van der Waals surface area contributed by atoms with Crippen LogP contribution in [0.3, 0.4) is 0 Å². The molecule has 3 aromatic carbocycles. The van der Waals surface area contributed by atoms with Gasteiger partial charge in [0.25, 0.3) is 5.91 Å². The molecule has 0 aliphatic carbocycles. The second-order valence-corrected chi connectivity index (χ2v) is 7.10. The minimum Gasteiger partial charge on any atom is -0.483 e. The summed E-state index contributed by atoms with van der Waals surface area (Å²) >= 11 is 0. The zero-order chi connectivity index (χ0) is 19.7. The van der Waals surface area contributed by atoms with E-state index in [1.807, 2.05) is 50.2 Å². The molecule has 0 spiro atoms. The number of aryl methyl sites for hydroxylation is 3. The zero-order valence-corrected chi connectivity index (χ0v) is 16.5. The molecule has 4 nitrogen and oxygen atoms in total. The van der Waals surface area contributed by atoms with Crippen molar-refractivity contribution in [2.45, 2.75) is 27.3 Å². The van der Waals surface area contributed by atoms with Gasteiger partial charge in [0.05, 0.1) is 0 Å². The van der Waals surface area contributed by atoms with Gasteiger partial charge in [0, 0.05) is 34.0 Å². The van der Waals surface area contributed by atoms with Gasteiger partial charge in [0.2, 0.25) is 0 Å². The Hall–Kier alpha value is -3.27. The first kappa shape index (κ1) is 18.1. The Morgan fingerprint density at radius 2 is 1.75 bits per heavy atom. The average molecular weight is 372 g/mol. The molecule has 0 atom stereocenters. The van der Waals surface area contributed by atoms with Crippen LogP contribution in [0.2, 0.25) is 0 Å². The Kier molecular flexibility index (Phi) is 4.78. The Labute approximate surface area is 164 Å². The van der Waals surface area contributed by atoms with E-state index in [2.05, 4.69) is 41.1 Å². The fourth-order valence-electron chi connectivity index (χ4n) is 3.68. The lowest BCUT2D eigenvalue weighted by Crippen LogP contribution is -2.20. The second-order valence-electron chi connectivity index (χ2n) is 7.10. The summed E-state index contributed by atoms with van der Waals surface area (Å²) in [4.78, 5) is 12.4. The van der Waals surface area contributed by atoms with Crippen molar-refractivity contribution in [3.63, 3.8) is 0 Å². The lowest BCUT2D eigenvalue weighted by Gasteiger charge is -2.10. The predicted molar refractivity (Wildman–Crippen MR) is 115 cm³/mol. The van der Waals surface area contributed by atoms with Gasteiger partial charge in [-0.1, -0.05) is 30.3 Å². The molecule has 1 N–H and O–H groups in total. The molecule has 0 aliphatic heterocycles. The van der Waals surface area contributed by atoms with Gasteiger partial charge in [-0.2, -0.15) is 0 Å². The molecule has 0 fully saturated rings. The molecule has 0 aliphatic rings. The van der Waals surface area contributed by atoms with Gasteiger partial charge < -0.3 is 14.6 Å². The number of fused-ring (bicyclic) bond motifs is 3. The lowest BCUT2D eigenvalue weighted by molar-refractivity contribution is -0.118. The highest BCUT2D eigenvalue weighted by Crippen LogP contribution is 2.31. The van der Waals surface area contributed by atoms with E-state index < -0.39 is 0 Å². The molecule has 4 rings (SSSR count). The standard InChI is InChI=1S/C24H24N2O2/c1-4-26-21-8-6-5-7-19(21)20-14-18(11-12-22(20)26)25-24(27)15-28-23-13-16(2)9-10-17(23)3/h5-14H,4,15H2,1-3H3,(H,25,27). The van der Waals surface area contributed by atoms with Gasteiger partial charge in [-0.25, -0.2) is 0 Å². The van der Waals surface area contributed by atoms with E-state index in [1.165, 1.54) is 16.4 Å². The molecule has 0 radical (unpaired) electrons. The summed E-state index contributed by atoms with van der Waals surface area (Å²) in [6.07, 6.45) is 0. The average Bonchev–Trinajstić information content (AvgIpc) is 3.02. The number of aromatic nitrogens is 1. The normalized spacial score (nSPS) is 11.1. The first-order valence-electron chi connectivity index (χ1n) is 9.57. The van der Waals surface area contributed by atoms with Gasteiger partial charge in [0.15, 0.2) is 6.61 Å². The van der Waals surface area contributed by atoms with Crippen LogP contribution in [-0.2, 0) is 11.3 Å². The summed E-state index contributed by atoms with van der Waals surface area (Å²) in [6.45, 7) is 7.02. The van der Waals surface area contributed by atoms with Crippen LogP contribution >= 0.6 is 0 Å². The Morgan fingerprint density at radius 3 is 2.57 bits per heavy atom. The number of anilines is 1. The largest absolute Gasteiger partial charge is 0.483 e. The van der Waals surface area contributed by atoms with Crippen molar-refractivity contribution >= 4 is 33.4 Å². The number of ether oxygens (including phenoxy) is 1. The monoisotopic (exact) mass is 372 g/mol. The maximum Gasteiger partial charge on any atom is 0.262 e. The lowest BCUT2D eigenvalue weighted by atomic mass is 10.1. The molecular weight excluding hydrogens is 348 g/mol. The second kappa shape index (κ2) is 7.39. The van der Waals surface area contributed by atoms with E-state index in [-0.39, 0.29) is 12.5 Å². The smallest absolute Gasteiger partial charge is 0.262 e. The Balaban J connectivity index is 1.55. The fourth-order valence-corrected chi connectivity index (χ4v) is 3.68. The molecule has 1 amide bonds. The van der Waals surface area contributed by atoms with Crippen LogP contribution in [0.1, 0.15) is 18.1 Å². The number of para-hydroxylation sites is 1. The molecule has 1 aromatic heterocycles. The van der Waals surface area contributed by atoms with Crippen LogP contribution in [0, 0.1) is 13.8 Å². The van der Waals surface area contributed by atoms with Crippen molar-refractivity contribution < 1.29 is 9.53 Å². The van der Waals surface area contributed by atoms with Crippen LogP contribution in [0.5, 0.6) is 5.75 Å². The predicted octanol–water partition coefficient (Wildman–Crippen LogP) is 5.45. The van der Waals surface area contributed by atoms with Gasteiger partial charge in [-0.15, -0.1) is 0 Å². The third-order valence-corrected chi connectivity index (χ3v) is 5.07. The van der Waals surface area contributed by atoms with Crippen molar-refractivity contribution in [2.24, 2.45) is 0 Å². The summed E-state index contributed by atoms with van der Waals surface area (Å²) in [7, 11) is 0. The zero-order valence-electron chi connectivity index (χ0n) is 16.5. The van der Waals surface area contributed by atoms with Crippen LogP contribution < -0.4 is 10.1 Å². The van der Waals surface area contributed by atoms with E-state index >= 15 is 0 Å². The molecular formula is C24H24N2O2. The van der Waals surface area contributed by atoms with Gasteiger partial charge in [-0.3, -0.25) is 4.79 Å². The quantitative estimate of drug-likeness (QED) is 0.506. The number of hydrogen-bond acceptors (Lipinski definition) is 2. The molecule has 4 aromatic rings. The Bertz CT molecular complexity index is 1170. The number of benzene rings is 3. The number of carbonyl (C=O) groups is 1. The molecule has 0 unspecified atom stereocenters. The molecule has 142 valence electrons. The number of amides is 1. The maximum atomic E-state index is 12.4. The van der Waals surface area contributed by atoms with E-state index in [4.69, 9.17) is 4.74 Å². The van der Waals surface area contributed by atoms with Gasteiger partial charge >= 0.3 is 0 Å². The van der Waals surface area contributed by atoms with Crippen molar-refractivity contribution in [1.82, 2.24) is 4.57 Å². The minimum absolute atomic E-state index is 0.0148. The van der Waals surface area contributed by atoms with Crippen molar-refractivity contribution in [2.75, 3.05) is 11.9 Å². The summed E-state index contributed by atoms with van der Waals surface area (Å²) in [5.41, 5.74) is 5.29. The molecule has 0 bridgehead atoms. The molecule has 4 heteroatoms. The topological polar surface area (TPSA) is 43.3 Å². The summed E-state index contributed by atoms with van der Waals surface area (Å²) < 4.78 is 8.01. The third-order valence-electron chi connectivity index (χ3n) is 5.07. The van der Waals surface area contributed by atoms with Crippen LogP contribution in [0.15, 0.2) is 60.7 Å². The third kappa shape index (κ3) is 3.33. The van der Waals surface area contributed by atoms with Crippen LogP contribution in [-0.4, -0.2) is 17.1 Å². The van der Waals surface area contributed by atoms with E-state index in [9.17, 15) is 4.79 Å². The SMILES string of the molecule is CCn1c2ccccc2c2cc(NC(=O)COc3cc(C)ccc3C)ccc21.